The Bertz CT molecular complexity index is 848. The Morgan fingerprint density at radius 1 is 1.17 bits per heavy atom. The van der Waals surface area contributed by atoms with Crippen LogP contribution < -0.4 is 10.1 Å². The molecule has 0 amide bonds. The standard InChI is InChI=1S/C17H16BrN5O/c1-24-14-4-2-3-12(9-14)16-10-15(11-5-7-13(18)8-6-11)19-17-20-21-22-23(16)17/h2-9,15-16H,10H2,1H3,(H,19,20,22)/t15-,16+/m1/s1. The smallest absolute Gasteiger partial charge is 0.243 e. The Kier molecular flexibility index (Phi) is 3.93. The fourth-order valence-electron chi connectivity index (χ4n) is 3.08. The number of nitrogens with one attached hydrogen (secondary N) is 1. The third-order valence-corrected chi connectivity index (χ3v) is 4.83. The van der Waals surface area contributed by atoms with E-state index in [4.69, 9.17) is 4.74 Å². The summed E-state index contributed by atoms with van der Waals surface area (Å²) < 4.78 is 8.26. The first-order chi connectivity index (χ1) is 11.7. The van der Waals surface area contributed by atoms with E-state index in [0.717, 1.165) is 22.2 Å². The van der Waals surface area contributed by atoms with E-state index in [0.29, 0.717) is 5.95 Å². The van der Waals surface area contributed by atoms with Crippen LogP contribution in [0, 0.1) is 0 Å². The van der Waals surface area contributed by atoms with Crippen LogP contribution in [0.2, 0.25) is 0 Å². The number of aromatic nitrogens is 4. The van der Waals surface area contributed by atoms with Gasteiger partial charge >= 0.3 is 0 Å². The highest BCUT2D eigenvalue weighted by atomic mass is 79.9. The van der Waals surface area contributed by atoms with Gasteiger partial charge in [0.1, 0.15) is 5.75 Å². The number of anilines is 1. The highest BCUT2D eigenvalue weighted by molar-refractivity contribution is 9.10. The number of ether oxygens (including phenoxy) is 1. The lowest BCUT2D eigenvalue weighted by Gasteiger charge is -2.31. The van der Waals surface area contributed by atoms with Crippen molar-refractivity contribution in [2.45, 2.75) is 18.5 Å². The molecule has 122 valence electrons. The molecule has 1 aliphatic heterocycles. The van der Waals surface area contributed by atoms with Crippen molar-refractivity contribution in [3.8, 4) is 5.75 Å². The second kappa shape index (κ2) is 6.24. The van der Waals surface area contributed by atoms with Crippen molar-refractivity contribution in [3.05, 3.63) is 64.1 Å². The first-order valence-electron chi connectivity index (χ1n) is 7.68. The van der Waals surface area contributed by atoms with Gasteiger partial charge in [0.2, 0.25) is 5.95 Å². The van der Waals surface area contributed by atoms with E-state index < -0.39 is 0 Å². The maximum Gasteiger partial charge on any atom is 0.243 e. The van der Waals surface area contributed by atoms with Gasteiger partial charge in [0, 0.05) is 4.47 Å². The minimum Gasteiger partial charge on any atom is -0.497 e. The van der Waals surface area contributed by atoms with E-state index in [1.807, 2.05) is 22.9 Å². The van der Waals surface area contributed by atoms with Gasteiger partial charge in [-0.15, -0.1) is 0 Å². The molecule has 3 aromatic rings. The van der Waals surface area contributed by atoms with Crippen LogP contribution in [0.1, 0.15) is 29.6 Å². The minimum absolute atomic E-state index is 0.0556. The van der Waals surface area contributed by atoms with E-state index in [9.17, 15) is 0 Å². The average Bonchev–Trinajstić information content (AvgIpc) is 3.10. The number of rotatable bonds is 3. The van der Waals surface area contributed by atoms with Crippen LogP contribution in [0.5, 0.6) is 5.75 Å². The summed E-state index contributed by atoms with van der Waals surface area (Å²) in [7, 11) is 1.68. The number of methoxy groups -OCH3 is 1. The Morgan fingerprint density at radius 3 is 2.79 bits per heavy atom. The van der Waals surface area contributed by atoms with Crippen LogP contribution >= 0.6 is 15.9 Å². The molecule has 2 heterocycles. The Labute approximate surface area is 148 Å². The maximum absolute atomic E-state index is 5.36. The summed E-state index contributed by atoms with van der Waals surface area (Å²) in [5.74, 6) is 1.52. The first-order valence-corrected chi connectivity index (χ1v) is 8.48. The maximum atomic E-state index is 5.36. The highest BCUT2D eigenvalue weighted by Crippen LogP contribution is 2.37. The normalized spacial score (nSPS) is 19.4. The molecular formula is C17H16BrN5O. The lowest BCUT2D eigenvalue weighted by molar-refractivity contribution is 0.404. The van der Waals surface area contributed by atoms with Gasteiger partial charge in [0.05, 0.1) is 19.2 Å². The Hall–Kier alpha value is -2.41. The average molecular weight is 386 g/mol. The van der Waals surface area contributed by atoms with E-state index >= 15 is 0 Å². The van der Waals surface area contributed by atoms with Gasteiger partial charge in [-0.25, -0.2) is 4.68 Å². The molecule has 1 aromatic heterocycles. The van der Waals surface area contributed by atoms with Crippen molar-refractivity contribution in [2.75, 3.05) is 12.4 Å². The number of fused-ring (bicyclic) bond motifs is 1. The molecule has 6 nitrogen and oxygen atoms in total. The molecule has 0 bridgehead atoms. The third-order valence-electron chi connectivity index (χ3n) is 4.30. The molecule has 0 aliphatic carbocycles. The Balaban J connectivity index is 1.72. The van der Waals surface area contributed by atoms with E-state index in [1.165, 1.54) is 5.56 Å². The number of hydrogen-bond donors (Lipinski definition) is 1. The topological polar surface area (TPSA) is 64.9 Å². The quantitative estimate of drug-likeness (QED) is 0.745. The van der Waals surface area contributed by atoms with Crippen molar-refractivity contribution in [1.29, 1.82) is 0 Å². The van der Waals surface area contributed by atoms with Crippen LogP contribution in [0.3, 0.4) is 0 Å². The van der Waals surface area contributed by atoms with Crippen LogP contribution in [-0.4, -0.2) is 27.3 Å². The van der Waals surface area contributed by atoms with Gasteiger partial charge in [0.15, 0.2) is 0 Å². The van der Waals surface area contributed by atoms with Gasteiger partial charge in [0.25, 0.3) is 0 Å². The number of halogens is 1. The predicted molar refractivity (Wildman–Crippen MR) is 94.1 cm³/mol. The second-order valence-corrected chi connectivity index (χ2v) is 6.64. The first kappa shape index (κ1) is 15.1. The summed E-state index contributed by atoms with van der Waals surface area (Å²) in [4.78, 5) is 0. The fourth-order valence-corrected chi connectivity index (χ4v) is 3.34. The number of tetrazole rings is 1. The zero-order chi connectivity index (χ0) is 16.5. The van der Waals surface area contributed by atoms with Gasteiger partial charge < -0.3 is 10.1 Å². The van der Waals surface area contributed by atoms with Gasteiger partial charge in [-0.3, -0.25) is 0 Å². The predicted octanol–water partition coefficient (Wildman–Crippen LogP) is 3.59. The lowest BCUT2D eigenvalue weighted by Crippen LogP contribution is -2.28. The molecule has 0 unspecified atom stereocenters. The van der Waals surface area contributed by atoms with Crippen molar-refractivity contribution in [2.24, 2.45) is 0 Å². The zero-order valence-electron chi connectivity index (χ0n) is 13.1. The summed E-state index contributed by atoms with van der Waals surface area (Å²) in [6, 6.07) is 16.6. The molecule has 0 saturated heterocycles. The summed E-state index contributed by atoms with van der Waals surface area (Å²) in [6.07, 6.45) is 0.854. The van der Waals surface area contributed by atoms with E-state index in [2.05, 4.69) is 67.1 Å². The SMILES string of the molecule is COc1cccc([C@@H]2C[C@H](c3ccc(Br)cc3)Nc3nnnn32)c1. The zero-order valence-corrected chi connectivity index (χ0v) is 14.6. The Morgan fingerprint density at radius 2 is 2.00 bits per heavy atom. The van der Waals surface area contributed by atoms with E-state index in [-0.39, 0.29) is 12.1 Å². The van der Waals surface area contributed by atoms with Crippen molar-refractivity contribution in [3.63, 3.8) is 0 Å². The molecule has 0 radical (unpaired) electrons. The van der Waals surface area contributed by atoms with Gasteiger partial charge in [-0.05, 0) is 52.2 Å². The molecule has 2 aromatic carbocycles. The molecule has 0 fully saturated rings. The van der Waals surface area contributed by atoms with Crippen molar-refractivity contribution < 1.29 is 4.74 Å². The molecular weight excluding hydrogens is 370 g/mol. The molecule has 7 heteroatoms. The van der Waals surface area contributed by atoms with Crippen LogP contribution in [0.4, 0.5) is 5.95 Å². The number of nitrogens with zero attached hydrogens (tertiary/aromatic N) is 4. The van der Waals surface area contributed by atoms with Gasteiger partial charge in [-0.2, -0.15) is 0 Å². The minimum atomic E-state index is 0.0556. The summed E-state index contributed by atoms with van der Waals surface area (Å²) >= 11 is 3.48. The lowest BCUT2D eigenvalue weighted by atomic mass is 9.93. The second-order valence-electron chi connectivity index (χ2n) is 5.72. The number of hydrogen-bond acceptors (Lipinski definition) is 5. The largest absolute Gasteiger partial charge is 0.497 e. The monoisotopic (exact) mass is 385 g/mol. The summed E-state index contributed by atoms with van der Waals surface area (Å²) in [6.45, 7) is 0. The summed E-state index contributed by atoms with van der Waals surface area (Å²) in [5, 5.41) is 15.5. The van der Waals surface area contributed by atoms with Crippen molar-refractivity contribution in [1.82, 2.24) is 20.2 Å². The molecule has 24 heavy (non-hydrogen) atoms. The molecule has 0 saturated carbocycles. The molecule has 0 spiro atoms. The number of benzene rings is 2. The van der Waals surface area contributed by atoms with Gasteiger partial charge in [-0.1, -0.05) is 45.3 Å². The van der Waals surface area contributed by atoms with Crippen LogP contribution in [0.25, 0.3) is 0 Å². The summed E-state index contributed by atoms with van der Waals surface area (Å²) in [5.41, 5.74) is 2.34. The van der Waals surface area contributed by atoms with E-state index in [1.54, 1.807) is 7.11 Å². The molecule has 1 aliphatic rings. The molecule has 2 atom stereocenters. The highest BCUT2D eigenvalue weighted by Gasteiger charge is 2.30. The fraction of sp³-hybridized carbons (Fsp3) is 0.235. The molecule has 1 N–H and O–H groups in total. The van der Waals surface area contributed by atoms with Crippen LogP contribution in [-0.2, 0) is 0 Å². The third kappa shape index (κ3) is 2.75. The molecule has 4 rings (SSSR count). The van der Waals surface area contributed by atoms with Crippen LogP contribution in [0.15, 0.2) is 53.0 Å². The van der Waals surface area contributed by atoms with Crippen molar-refractivity contribution >= 4 is 21.9 Å².